The average Bonchev–Trinajstić information content (AvgIpc) is 3.20. The summed E-state index contributed by atoms with van der Waals surface area (Å²) in [6, 6.07) is 14.6. The lowest BCUT2D eigenvalue weighted by Crippen LogP contribution is -2.39. The summed E-state index contributed by atoms with van der Waals surface area (Å²) in [6.45, 7) is 10.4. The van der Waals surface area contributed by atoms with Crippen LogP contribution in [0.2, 0.25) is 0 Å². The van der Waals surface area contributed by atoms with Gasteiger partial charge in [-0.3, -0.25) is 9.69 Å². The lowest BCUT2D eigenvalue weighted by molar-refractivity contribution is -0.121. The predicted molar refractivity (Wildman–Crippen MR) is 126 cm³/mol. The molecular weight excluding hydrogens is 404 g/mol. The first kappa shape index (κ1) is 22.0. The average molecular weight is 435 g/mol. The Morgan fingerprint density at radius 3 is 2.41 bits per heavy atom. The van der Waals surface area contributed by atoms with Crippen molar-refractivity contribution in [1.29, 1.82) is 0 Å². The third-order valence-electron chi connectivity index (χ3n) is 5.67. The van der Waals surface area contributed by atoms with E-state index < -0.39 is 0 Å². The largest absolute Gasteiger partial charge is 0.492 e. The lowest BCUT2D eigenvalue weighted by Gasteiger charge is -2.30. The molecule has 0 saturated heterocycles. The summed E-state index contributed by atoms with van der Waals surface area (Å²) in [7, 11) is 0. The topological polar surface area (TPSA) is 80.0 Å². The van der Waals surface area contributed by atoms with Gasteiger partial charge in [-0.2, -0.15) is 5.10 Å². The number of nitrogens with one attached hydrogen (secondary N) is 1. The molecule has 0 unspecified atom stereocenters. The number of fused-ring (bicyclic) bond motifs is 1. The van der Waals surface area contributed by atoms with Crippen molar-refractivity contribution in [2.45, 2.75) is 52.6 Å². The second-order valence-electron chi connectivity index (χ2n) is 8.59. The molecule has 7 nitrogen and oxygen atoms in total. The standard InChI is InChI=1S/C25H30N4O3/c1-16(2)29(17(3)4)13-14-31-20-8-5-18(6-9-20)25-26-22-10-7-19(15-23(22)32-25)21-11-12-24(30)28-27-21/h5-10,15-17H,11-14H2,1-4H3,(H,28,30). The van der Waals surface area contributed by atoms with Crippen LogP contribution in [0.25, 0.3) is 22.6 Å². The number of hydrogen-bond acceptors (Lipinski definition) is 6. The number of carbonyl (C=O) groups excluding carboxylic acids is 1. The Kier molecular flexibility index (Phi) is 6.55. The van der Waals surface area contributed by atoms with E-state index in [1.807, 2.05) is 42.5 Å². The molecule has 1 amide bonds. The molecule has 1 aromatic heterocycles. The zero-order valence-corrected chi connectivity index (χ0v) is 19.1. The minimum absolute atomic E-state index is 0.0543. The van der Waals surface area contributed by atoms with E-state index in [0.29, 0.717) is 43.0 Å². The van der Waals surface area contributed by atoms with E-state index in [-0.39, 0.29) is 5.91 Å². The smallest absolute Gasteiger partial charge is 0.240 e. The van der Waals surface area contributed by atoms with E-state index in [2.05, 4.69) is 48.1 Å². The first-order valence-electron chi connectivity index (χ1n) is 11.2. The molecule has 168 valence electrons. The number of benzene rings is 2. The molecule has 0 radical (unpaired) electrons. The summed E-state index contributed by atoms with van der Waals surface area (Å²) in [6.07, 6.45) is 1.06. The number of hydrogen-bond donors (Lipinski definition) is 1. The summed E-state index contributed by atoms with van der Waals surface area (Å²) >= 11 is 0. The van der Waals surface area contributed by atoms with Crippen LogP contribution in [0.5, 0.6) is 5.75 Å². The second-order valence-corrected chi connectivity index (χ2v) is 8.59. The van der Waals surface area contributed by atoms with E-state index in [1.54, 1.807) is 0 Å². The molecule has 1 aliphatic rings. The Morgan fingerprint density at radius 2 is 1.75 bits per heavy atom. The Bertz CT molecular complexity index is 1110. The number of hydrazone groups is 1. The highest BCUT2D eigenvalue weighted by Gasteiger charge is 2.16. The molecule has 2 heterocycles. The predicted octanol–water partition coefficient (Wildman–Crippen LogP) is 4.61. The molecule has 0 spiro atoms. The fourth-order valence-corrected chi connectivity index (χ4v) is 3.99. The highest BCUT2D eigenvalue weighted by Crippen LogP contribution is 2.27. The molecule has 1 aliphatic heterocycles. The zero-order chi connectivity index (χ0) is 22.7. The van der Waals surface area contributed by atoms with Gasteiger partial charge in [-0.05, 0) is 64.1 Å². The maximum atomic E-state index is 11.3. The number of aromatic nitrogens is 1. The van der Waals surface area contributed by atoms with Gasteiger partial charge in [0.05, 0.1) is 5.71 Å². The van der Waals surface area contributed by atoms with Crippen molar-refractivity contribution in [3.63, 3.8) is 0 Å². The fraction of sp³-hybridized carbons (Fsp3) is 0.400. The van der Waals surface area contributed by atoms with Crippen molar-refractivity contribution in [1.82, 2.24) is 15.3 Å². The summed E-state index contributed by atoms with van der Waals surface area (Å²) < 4.78 is 12.0. The molecule has 3 aromatic rings. The van der Waals surface area contributed by atoms with E-state index in [1.165, 1.54) is 0 Å². The number of carbonyl (C=O) groups is 1. The number of nitrogens with zero attached hydrogens (tertiary/aromatic N) is 3. The molecule has 4 rings (SSSR count). The van der Waals surface area contributed by atoms with Crippen LogP contribution in [-0.2, 0) is 4.79 Å². The van der Waals surface area contributed by atoms with Crippen LogP contribution in [0.3, 0.4) is 0 Å². The van der Waals surface area contributed by atoms with Crippen molar-refractivity contribution in [2.75, 3.05) is 13.2 Å². The van der Waals surface area contributed by atoms with Crippen LogP contribution in [0.4, 0.5) is 0 Å². The van der Waals surface area contributed by atoms with Crippen molar-refractivity contribution in [3.05, 3.63) is 48.0 Å². The van der Waals surface area contributed by atoms with Gasteiger partial charge < -0.3 is 9.15 Å². The Balaban J connectivity index is 1.43. The molecule has 0 saturated carbocycles. The Hall–Kier alpha value is -3.19. The van der Waals surface area contributed by atoms with Crippen LogP contribution in [0.15, 0.2) is 52.0 Å². The summed E-state index contributed by atoms with van der Waals surface area (Å²) in [4.78, 5) is 18.3. The molecule has 1 N–H and O–H groups in total. The molecule has 2 aromatic carbocycles. The lowest BCUT2D eigenvalue weighted by atomic mass is 10.0. The van der Waals surface area contributed by atoms with Crippen molar-refractivity contribution in [3.8, 4) is 17.2 Å². The highest BCUT2D eigenvalue weighted by molar-refractivity contribution is 6.05. The number of oxazole rings is 1. The van der Waals surface area contributed by atoms with Crippen LogP contribution in [0.1, 0.15) is 46.1 Å². The van der Waals surface area contributed by atoms with Crippen LogP contribution in [0, 0.1) is 0 Å². The van der Waals surface area contributed by atoms with Gasteiger partial charge in [0.1, 0.15) is 17.9 Å². The van der Waals surface area contributed by atoms with Gasteiger partial charge in [-0.15, -0.1) is 0 Å². The van der Waals surface area contributed by atoms with Gasteiger partial charge in [-0.25, -0.2) is 10.4 Å². The molecular formula is C25H30N4O3. The van der Waals surface area contributed by atoms with E-state index >= 15 is 0 Å². The monoisotopic (exact) mass is 434 g/mol. The molecule has 0 aliphatic carbocycles. The summed E-state index contributed by atoms with van der Waals surface area (Å²) in [5.41, 5.74) is 6.68. The third-order valence-corrected chi connectivity index (χ3v) is 5.67. The molecule has 32 heavy (non-hydrogen) atoms. The highest BCUT2D eigenvalue weighted by atomic mass is 16.5. The zero-order valence-electron chi connectivity index (χ0n) is 19.1. The van der Waals surface area contributed by atoms with Crippen LogP contribution >= 0.6 is 0 Å². The summed E-state index contributed by atoms with van der Waals surface area (Å²) in [5, 5.41) is 4.15. The second kappa shape index (κ2) is 9.53. The van der Waals surface area contributed by atoms with Crippen molar-refractivity contribution in [2.24, 2.45) is 5.10 Å². The van der Waals surface area contributed by atoms with Gasteiger partial charge in [-0.1, -0.05) is 6.07 Å². The van der Waals surface area contributed by atoms with Gasteiger partial charge in [0.15, 0.2) is 5.58 Å². The molecule has 0 bridgehead atoms. The van der Waals surface area contributed by atoms with Crippen molar-refractivity contribution < 1.29 is 13.9 Å². The molecule has 7 heteroatoms. The van der Waals surface area contributed by atoms with E-state index in [4.69, 9.17) is 9.15 Å². The van der Waals surface area contributed by atoms with E-state index in [9.17, 15) is 4.79 Å². The maximum Gasteiger partial charge on any atom is 0.240 e. The van der Waals surface area contributed by atoms with Crippen LogP contribution < -0.4 is 10.2 Å². The number of amides is 1. The Morgan fingerprint density at radius 1 is 1.03 bits per heavy atom. The third kappa shape index (κ3) is 4.99. The maximum absolute atomic E-state index is 11.3. The SMILES string of the molecule is CC(C)N(CCOc1ccc(-c2nc3ccc(C4=NNC(=O)CC4)cc3o2)cc1)C(C)C. The number of rotatable bonds is 8. The normalized spacial score (nSPS) is 14.3. The molecule has 0 atom stereocenters. The number of ether oxygens (including phenoxy) is 1. The minimum atomic E-state index is -0.0543. The van der Waals surface area contributed by atoms with E-state index in [0.717, 1.165) is 34.6 Å². The fourth-order valence-electron chi connectivity index (χ4n) is 3.99. The van der Waals surface area contributed by atoms with Gasteiger partial charge >= 0.3 is 0 Å². The quantitative estimate of drug-likeness (QED) is 0.560. The first-order valence-corrected chi connectivity index (χ1v) is 11.2. The molecule has 0 fully saturated rings. The summed E-state index contributed by atoms with van der Waals surface area (Å²) in [5.74, 6) is 1.34. The first-order chi connectivity index (χ1) is 15.4. The Labute approximate surface area is 188 Å². The minimum Gasteiger partial charge on any atom is -0.492 e. The van der Waals surface area contributed by atoms with Gasteiger partial charge in [0.25, 0.3) is 0 Å². The van der Waals surface area contributed by atoms with Crippen molar-refractivity contribution >= 4 is 22.7 Å². The van der Waals surface area contributed by atoms with Gasteiger partial charge in [0, 0.05) is 42.6 Å². The van der Waals surface area contributed by atoms with Crippen LogP contribution in [-0.4, -0.2) is 46.7 Å². The van der Waals surface area contributed by atoms with Gasteiger partial charge in [0.2, 0.25) is 11.8 Å².